The predicted octanol–water partition coefficient (Wildman–Crippen LogP) is 0.948. The van der Waals surface area contributed by atoms with E-state index in [9.17, 15) is 5.11 Å². The SMILES string of the molecule is CC(C)(O)c1cn([C@@H]2CCCC[C@H]2N)nn1. The molecule has 16 heavy (non-hydrogen) atoms. The molecule has 0 aromatic carbocycles. The Hall–Kier alpha value is -0.940. The lowest BCUT2D eigenvalue weighted by atomic mass is 9.91. The third-order valence-electron chi connectivity index (χ3n) is 3.26. The van der Waals surface area contributed by atoms with E-state index >= 15 is 0 Å². The maximum absolute atomic E-state index is 9.82. The molecule has 0 saturated heterocycles. The average Bonchev–Trinajstić information content (AvgIpc) is 2.66. The van der Waals surface area contributed by atoms with Gasteiger partial charge in [-0.15, -0.1) is 5.10 Å². The van der Waals surface area contributed by atoms with Crippen molar-refractivity contribution in [3.05, 3.63) is 11.9 Å². The highest BCUT2D eigenvalue weighted by Crippen LogP contribution is 2.27. The van der Waals surface area contributed by atoms with Crippen molar-refractivity contribution in [1.82, 2.24) is 15.0 Å². The maximum atomic E-state index is 9.82. The second-order valence-corrected chi connectivity index (χ2v) is 5.16. The molecule has 1 aromatic rings. The van der Waals surface area contributed by atoms with Crippen LogP contribution < -0.4 is 5.73 Å². The molecule has 2 rings (SSSR count). The summed E-state index contributed by atoms with van der Waals surface area (Å²) in [6, 6.07) is 0.391. The molecular weight excluding hydrogens is 204 g/mol. The number of rotatable bonds is 2. The summed E-state index contributed by atoms with van der Waals surface area (Å²) < 4.78 is 1.82. The summed E-state index contributed by atoms with van der Waals surface area (Å²) in [5.41, 5.74) is 5.75. The molecule has 5 heteroatoms. The first-order chi connectivity index (χ1) is 7.48. The summed E-state index contributed by atoms with van der Waals surface area (Å²) in [5, 5.41) is 17.9. The Kier molecular flexibility index (Phi) is 2.99. The van der Waals surface area contributed by atoms with Crippen LogP contribution in [0.3, 0.4) is 0 Å². The number of hydrogen-bond donors (Lipinski definition) is 2. The van der Waals surface area contributed by atoms with E-state index in [4.69, 9.17) is 5.73 Å². The summed E-state index contributed by atoms with van der Waals surface area (Å²) in [6.45, 7) is 3.42. The Morgan fingerprint density at radius 1 is 1.44 bits per heavy atom. The molecule has 1 heterocycles. The van der Waals surface area contributed by atoms with Crippen LogP contribution in [0.1, 0.15) is 51.3 Å². The van der Waals surface area contributed by atoms with Crippen molar-refractivity contribution in [1.29, 1.82) is 0 Å². The molecule has 0 bridgehead atoms. The van der Waals surface area contributed by atoms with Crippen LogP contribution in [0, 0.1) is 0 Å². The first-order valence-corrected chi connectivity index (χ1v) is 5.89. The monoisotopic (exact) mass is 224 g/mol. The third kappa shape index (κ3) is 2.25. The lowest BCUT2D eigenvalue weighted by molar-refractivity contribution is 0.0737. The highest BCUT2D eigenvalue weighted by atomic mass is 16.3. The quantitative estimate of drug-likeness (QED) is 0.784. The molecule has 1 aliphatic rings. The molecule has 5 nitrogen and oxygen atoms in total. The molecule has 1 fully saturated rings. The fourth-order valence-corrected chi connectivity index (χ4v) is 2.19. The molecule has 0 spiro atoms. The molecule has 0 aliphatic heterocycles. The van der Waals surface area contributed by atoms with Crippen molar-refractivity contribution in [2.24, 2.45) is 5.73 Å². The van der Waals surface area contributed by atoms with Gasteiger partial charge in [0.2, 0.25) is 0 Å². The van der Waals surface area contributed by atoms with Gasteiger partial charge >= 0.3 is 0 Å². The van der Waals surface area contributed by atoms with E-state index in [1.807, 2.05) is 10.9 Å². The molecule has 1 saturated carbocycles. The zero-order valence-electron chi connectivity index (χ0n) is 9.93. The highest BCUT2D eigenvalue weighted by molar-refractivity contribution is 5.04. The number of aromatic nitrogens is 3. The van der Waals surface area contributed by atoms with Crippen LogP contribution in [0.25, 0.3) is 0 Å². The second kappa shape index (κ2) is 4.14. The minimum atomic E-state index is -0.934. The fraction of sp³-hybridized carbons (Fsp3) is 0.818. The summed E-state index contributed by atoms with van der Waals surface area (Å²) in [5.74, 6) is 0. The lowest BCUT2D eigenvalue weighted by Gasteiger charge is -2.28. The van der Waals surface area contributed by atoms with Crippen LogP contribution in [-0.2, 0) is 5.60 Å². The van der Waals surface area contributed by atoms with Gasteiger partial charge in [0.05, 0.1) is 12.2 Å². The first-order valence-electron chi connectivity index (χ1n) is 5.89. The van der Waals surface area contributed by atoms with E-state index in [2.05, 4.69) is 10.3 Å². The van der Waals surface area contributed by atoms with Gasteiger partial charge in [-0.25, -0.2) is 4.68 Å². The van der Waals surface area contributed by atoms with Gasteiger partial charge in [-0.2, -0.15) is 0 Å². The Labute approximate surface area is 95.6 Å². The van der Waals surface area contributed by atoms with Crippen molar-refractivity contribution >= 4 is 0 Å². The smallest absolute Gasteiger partial charge is 0.114 e. The number of hydrogen-bond acceptors (Lipinski definition) is 4. The largest absolute Gasteiger partial charge is 0.384 e. The molecule has 90 valence electrons. The molecule has 0 amide bonds. The van der Waals surface area contributed by atoms with E-state index in [0.29, 0.717) is 5.69 Å². The van der Waals surface area contributed by atoms with Crippen LogP contribution in [-0.4, -0.2) is 26.1 Å². The summed E-state index contributed by atoms with van der Waals surface area (Å²) in [6.07, 6.45) is 6.30. The van der Waals surface area contributed by atoms with Gasteiger partial charge in [0.1, 0.15) is 11.3 Å². The molecular formula is C11H20N4O. The van der Waals surface area contributed by atoms with Gasteiger partial charge in [0.25, 0.3) is 0 Å². The highest BCUT2D eigenvalue weighted by Gasteiger charge is 2.27. The molecule has 2 atom stereocenters. The Morgan fingerprint density at radius 3 is 2.69 bits per heavy atom. The standard InChI is InChI=1S/C11H20N4O/c1-11(2,16)10-7-15(14-13-10)9-6-4-3-5-8(9)12/h7-9,16H,3-6,12H2,1-2H3/t8-,9-/m1/s1. The second-order valence-electron chi connectivity index (χ2n) is 5.16. The van der Waals surface area contributed by atoms with Crippen molar-refractivity contribution in [3.8, 4) is 0 Å². The van der Waals surface area contributed by atoms with Crippen molar-refractivity contribution in [3.63, 3.8) is 0 Å². The van der Waals surface area contributed by atoms with Gasteiger partial charge < -0.3 is 10.8 Å². The van der Waals surface area contributed by atoms with Crippen LogP contribution in [0.4, 0.5) is 0 Å². The van der Waals surface area contributed by atoms with Crippen molar-refractivity contribution < 1.29 is 5.11 Å². The zero-order chi connectivity index (χ0) is 11.8. The number of aliphatic hydroxyl groups is 1. The van der Waals surface area contributed by atoms with E-state index in [0.717, 1.165) is 12.8 Å². The van der Waals surface area contributed by atoms with Gasteiger partial charge in [-0.1, -0.05) is 18.1 Å². The average molecular weight is 224 g/mol. The van der Waals surface area contributed by atoms with Gasteiger partial charge in [-0.3, -0.25) is 0 Å². The lowest BCUT2D eigenvalue weighted by Crippen LogP contribution is -2.35. The zero-order valence-corrected chi connectivity index (χ0v) is 9.93. The molecule has 1 aliphatic carbocycles. The molecule has 3 N–H and O–H groups in total. The minimum Gasteiger partial charge on any atom is -0.384 e. The molecule has 0 radical (unpaired) electrons. The van der Waals surface area contributed by atoms with Crippen LogP contribution in [0.5, 0.6) is 0 Å². The minimum absolute atomic E-state index is 0.158. The number of nitrogens with zero attached hydrogens (tertiary/aromatic N) is 3. The molecule has 0 unspecified atom stereocenters. The Balaban J connectivity index is 2.18. The van der Waals surface area contributed by atoms with E-state index in [1.54, 1.807) is 13.8 Å². The third-order valence-corrected chi connectivity index (χ3v) is 3.26. The van der Waals surface area contributed by atoms with Crippen LogP contribution in [0.2, 0.25) is 0 Å². The Bertz CT molecular complexity index is 355. The van der Waals surface area contributed by atoms with Crippen LogP contribution in [0.15, 0.2) is 6.20 Å². The predicted molar refractivity (Wildman–Crippen MR) is 60.7 cm³/mol. The Morgan fingerprint density at radius 2 is 2.12 bits per heavy atom. The van der Waals surface area contributed by atoms with E-state index in [1.165, 1.54) is 12.8 Å². The first kappa shape index (κ1) is 11.5. The van der Waals surface area contributed by atoms with Crippen LogP contribution >= 0.6 is 0 Å². The fourth-order valence-electron chi connectivity index (χ4n) is 2.19. The molecule has 1 aromatic heterocycles. The summed E-state index contributed by atoms with van der Waals surface area (Å²) >= 11 is 0. The summed E-state index contributed by atoms with van der Waals surface area (Å²) in [4.78, 5) is 0. The number of nitrogens with two attached hydrogens (primary N) is 1. The normalized spacial score (nSPS) is 27.0. The summed E-state index contributed by atoms with van der Waals surface area (Å²) in [7, 11) is 0. The van der Waals surface area contributed by atoms with E-state index < -0.39 is 5.60 Å². The van der Waals surface area contributed by atoms with Gasteiger partial charge in [0, 0.05) is 6.04 Å². The van der Waals surface area contributed by atoms with Gasteiger partial charge in [-0.05, 0) is 26.7 Å². The van der Waals surface area contributed by atoms with Crippen molar-refractivity contribution in [2.75, 3.05) is 0 Å². The topological polar surface area (TPSA) is 77.0 Å². The van der Waals surface area contributed by atoms with E-state index in [-0.39, 0.29) is 12.1 Å². The van der Waals surface area contributed by atoms with Crippen molar-refractivity contribution in [2.45, 2.75) is 57.2 Å². The maximum Gasteiger partial charge on any atom is 0.114 e. The van der Waals surface area contributed by atoms with Gasteiger partial charge in [0.15, 0.2) is 0 Å².